The highest BCUT2D eigenvalue weighted by Crippen LogP contribution is 2.39. The van der Waals surface area contributed by atoms with Gasteiger partial charge >= 0.3 is 6.18 Å². The Bertz CT molecular complexity index is 1260. The zero-order valence-corrected chi connectivity index (χ0v) is 19.7. The van der Waals surface area contributed by atoms with Crippen LogP contribution in [0.15, 0.2) is 60.7 Å². The predicted octanol–water partition coefficient (Wildman–Crippen LogP) is 6.26. The molecular weight excluding hydrogens is 475 g/mol. The summed E-state index contributed by atoms with van der Waals surface area (Å²) in [6.07, 6.45) is 1.54. The van der Waals surface area contributed by atoms with E-state index >= 15 is 0 Å². The molecule has 2 N–H and O–H groups in total. The summed E-state index contributed by atoms with van der Waals surface area (Å²) < 4.78 is 54.1. The van der Waals surface area contributed by atoms with Crippen molar-refractivity contribution in [3.63, 3.8) is 0 Å². The van der Waals surface area contributed by atoms with E-state index in [1.54, 1.807) is 36.4 Å². The van der Waals surface area contributed by atoms with Gasteiger partial charge in [-0.25, -0.2) is 0 Å². The maximum Gasteiger partial charge on any atom is 0.416 e. The van der Waals surface area contributed by atoms with Gasteiger partial charge in [-0.1, -0.05) is 36.4 Å². The van der Waals surface area contributed by atoms with Crippen LogP contribution in [-0.4, -0.2) is 32.3 Å². The van der Waals surface area contributed by atoms with Crippen LogP contribution >= 0.6 is 0 Å². The van der Waals surface area contributed by atoms with E-state index in [4.69, 9.17) is 14.2 Å². The van der Waals surface area contributed by atoms with Gasteiger partial charge in [-0.05, 0) is 47.5 Å². The van der Waals surface area contributed by atoms with E-state index in [1.165, 1.54) is 51.7 Å². The third-order valence-corrected chi connectivity index (χ3v) is 5.13. The minimum Gasteiger partial charge on any atom is -0.506 e. The molecule has 0 saturated heterocycles. The summed E-state index contributed by atoms with van der Waals surface area (Å²) in [5, 5.41) is 12.9. The minimum absolute atomic E-state index is 0.154. The lowest BCUT2D eigenvalue weighted by molar-refractivity contribution is -0.137. The number of alkyl halides is 3. The zero-order valence-electron chi connectivity index (χ0n) is 19.7. The topological polar surface area (TPSA) is 77.0 Å². The first-order valence-electron chi connectivity index (χ1n) is 10.6. The molecule has 0 heterocycles. The molecule has 0 aliphatic carbocycles. The molecular formula is C27H24F3NO5. The summed E-state index contributed by atoms with van der Waals surface area (Å²) >= 11 is 0. The van der Waals surface area contributed by atoms with Crippen molar-refractivity contribution in [1.29, 1.82) is 0 Å². The molecule has 0 aliphatic heterocycles. The zero-order chi connectivity index (χ0) is 26.3. The number of hydrogen-bond acceptors (Lipinski definition) is 5. The molecule has 0 unspecified atom stereocenters. The second-order valence-corrected chi connectivity index (χ2v) is 7.48. The molecule has 0 atom stereocenters. The second kappa shape index (κ2) is 11.4. The average Bonchev–Trinajstić information content (AvgIpc) is 2.86. The summed E-state index contributed by atoms with van der Waals surface area (Å²) in [4.78, 5) is 12.5. The van der Waals surface area contributed by atoms with E-state index in [0.717, 1.165) is 12.1 Å². The van der Waals surface area contributed by atoms with Crippen LogP contribution in [0.25, 0.3) is 18.2 Å². The number of methoxy groups -OCH3 is 3. The SMILES string of the molecule is COc1cc(/C=C/c2cccc(O)c2NC(=O)/C=C/c2ccc(C(F)(F)F)cc2)cc(OC)c1OC. The minimum atomic E-state index is -4.43. The van der Waals surface area contributed by atoms with Crippen LogP contribution in [0, 0.1) is 0 Å². The standard InChI is InChI=1S/C27H24F3NO5/c1-34-22-15-18(16-23(35-2)26(22)36-3)7-11-19-5-4-6-21(32)25(19)31-24(33)14-10-17-8-12-20(13-9-17)27(28,29)30/h4-16,32H,1-3H3,(H,31,33)/b11-7+,14-10+. The molecule has 3 aromatic rings. The molecule has 0 aliphatic rings. The van der Waals surface area contributed by atoms with E-state index in [-0.39, 0.29) is 11.4 Å². The van der Waals surface area contributed by atoms with Gasteiger partial charge in [0.15, 0.2) is 11.5 Å². The summed E-state index contributed by atoms with van der Waals surface area (Å²) in [7, 11) is 4.52. The molecule has 0 radical (unpaired) electrons. The van der Waals surface area contributed by atoms with Gasteiger partial charge in [0.1, 0.15) is 5.75 Å². The molecule has 1 amide bonds. The van der Waals surface area contributed by atoms with Crippen molar-refractivity contribution < 1.29 is 37.3 Å². The van der Waals surface area contributed by atoms with Crippen molar-refractivity contribution >= 4 is 29.8 Å². The number of carbonyl (C=O) groups is 1. The fourth-order valence-corrected chi connectivity index (χ4v) is 3.34. The average molecular weight is 499 g/mol. The molecule has 0 bridgehead atoms. The fraction of sp³-hybridized carbons (Fsp3) is 0.148. The molecule has 188 valence electrons. The van der Waals surface area contributed by atoms with Crippen LogP contribution < -0.4 is 19.5 Å². The first kappa shape index (κ1) is 26.2. The van der Waals surface area contributed by atoms with Gasteiger partial charge in [0.25, 0.3) is 0 Å². The Morgan fingerprint density at radius 3 is 2.06 bits per heavy atom. The van der Waals surface area contributed by atoms with Gasteiger partial charge in [0.05, 0.1) is 32.6 Å². The normalized spacial score (nSPS) is 11.6. The number of benzene rings is 3. The highest BCUT2D eigenvalue weighted by Gasteiger charge is 2.29. The highest BCUT2D eigenvalue weighted by molar-refractivity contribution is 6.04. The molecule has 36 heavy (non-hydrogen) atoms. The van der Waals surface area contributed by atoms with Crippen LogP contribution in [0.1, 0.15) is 22.3 Å². The van der Waals surface area contributed by atoms with Crippen molar-refractivity contribution in [2.45, 2.75) is 6.18 Å². The van der Waals surface area contributed by atoms with Gasteiger partial charge in [-0.15, -0.1) is 0 Å². The number of anilines is 1. The smallest absolute Gasteiger partial charge is 0.416 e. The quantitative estimate of drug-likeness (QED) is 0.217. The van der Waals surface area contributed by atoms with Crippen molar-refractivity contribution in [2.75, 3.05) is 26.6 Å². The van der Waals surface area contributed by atoms with E-state index in [0.29, 0.717) is 33.9 Å². The van der Waals surface area contributed by atoms with E-state index < -0.39 is 17.6 Å². The Hall–Kier alpha value is -4.40. The molecule has 3 aromatic carbocycles. The molecule has 9 heteroatoms. The highest BCUT2D eigenvalue weighted by atomic mass is 19.4. The fourth-order valence-electron chi connectivity index (χ4n) is 3.34. The Kier molecular flexibility index (Phi) is 8.26. The van der Waals surface area contributed by atoms with Gasteiger partial charge in [0.2, 0.25) is 11.7 Å². The number of phenols is 1. The largest absolute Gasteiger partial charge is 0.506 e. The van der Waals surface area contributed by atoms with Crippen LogP contribution in [0.5, 0.6) is 23.0 Å². The van der Waals surface area contributed by atoms with Crippen molar-refractivity contribution in [3.8, 4) is 23.0 Å². The van der Waals surface area contributed by atoms with E-state index in [1.807, 2.05) is 0 Å². The number of ether oxygens (including phenoxy) is 3. The van der Waals surface area contributed by atoms with Crippen LogP contribution in [0.3, 0.4) is 0 Å². The lowest BCUT2D eigenvalue weighted by Gasteiger charge is -2.13. The molecule has 0 saturated carbocycles. The number of nitrogens with one attached hydrogen (secondary N) is 1. The van der Waals surface area contributed by atoms with Gasteiger partial charge in [-0.2, -0.15) is 13.2 Å². The van der Waals surface area contributed by atoms with E-state index in [2.05, 4.69) is 5.32 Å². The number of rotatable bonds is 8. The predicted molar refractivity (Wildman–Crippen MR) is 132 cm³/mol. The maximum atomic E-state index is 12.7. The lowest BCUT2D eigenvalue weighted by atomic mass is 10.1. The van der Waals surface area contributed by atoms with Crippen LogP contribution in [0.4, 0.5) is 18.9 Å². The van der Waals surface area contributed by atoms with Gasteiger partial charge in [0, 0.05) is 11.6 Å². The third kappa shape index (κ3) is 6.38. The van der Waals surface area contributed by atoms with Crippen LogP contribution in [0.2, 0.25) is 0 Å². The van der Waals surface area contributed by atoms with Crippen molar-refractivity contribution in [3.05, 3.63) is 82.9 Å². The summed E-state index contributed by atoms with van der Waals surface area (Å²) in [5.74, 6) is 0.656. The number of hydrogen-bond donors (Lipinski definition) is 2. The Labute approximate surface area is 206 Å². The van der Waals surface area contributed by atoms with Gasteiger partial charge in [-0.3, -0.25) is 4.79 Å². The number of para-hydroxylation sites is 1. The maximum absolute atomic E-state index is 12.7. The summed E-state index contributed by atoms with van der Waals surface area (Å²) in [6, 6.07) is 12.6. The lowest BCUT2D eigenvalue weighted by Crippen LogP contribution is -2.09. The Morgan fingerprint density at radius 2 is 1.50 bits per heavy atom. The van der Waals surface area contributed by atoms with Crippen LogP contribution in [-0.2, 0) is 11.0 Å². The Morgan fingerprint density at radius 1 is 0.861 bits per heavy atom. The van der Waals surface area contributed by atoms with E-state index in [9.17, 15) is 23.1 Å². The first-order valence-corrected chi connectivity index (χ1v) is 10.6. The van der Waals surface area contributed by atoms with Gasteiger partial charge < -0.3 is 24.6 Å². The monoisotopic (exact) mass is 499 g/mol. The molecule has 0 aromatic heterocycles. The third-order valence-electron chi connectivity index (χ3n) is 5.13. The number of halogens is 3. The van der Waals surface area contributed by atoms with Crippen molar-refractivity contribution in [1.82, 2.24) is 0 Å². The summed E-state index contributed by atoms with van der Waals surface area (Å²) in [5.41, 5.74) is 1.04. The number of phenolic OH excluding ortho intramolecular Hbond substituents is 1. The van der Waals surface area contributed by atoms with Crippen molar-refractivity contribution in [2.24, 2.45) is 0 Å². The molecule has 0 spiro atoms. The summed E-state index contributed by atoms with van der Waals surface area (Å²) in [6.45, 7) is 0. The Balaban J connectivity index is 1.81. The number of aromatic hydroxyl groups is 1. The molecule has 3 rings (SSSR count). The number of amides is 1. The first-order chi connectivity index (χ1) is 17.2. The second-order valence-electron chi connectivity index (χ2n) is 7.48. The molecule has 6 nitrogen and oxygen atoms in total. The molecule has 0 fully saturated rings. The number of carbonyl (C=O) groups excluding carboxylic acids is 1.